The third-order valence-electron chi connectivity index (χ3n) is 3.09. The summed E-state index contributed by atoms with van der Waals surface area (Å²) in [6.45, 7) is 0. The van der Waals surface area contributed by atoms with Crippen LogP contribution in [0.1, 0.15) is 10.4 Å². The Morgan fingerprint density at radius 2 is 1.88 bits per heavy atom. The third kappa shape index (κ3) is 3.84. The minimum absolute atomic E-state index is 0.171. The fourth-order valence-corrected chi connectivity index (χ4v) is 4.33. The van der Waals surface area contributed by atoms with Crippen LogP contribution in [0.4, 0.5) is 5.13 Å². The number of amides is 1. The average molecular weight is 399 g/mol. The lowest BCUT2D eigenvalue weighted by Gasteiger charge is -2.03. The van der Waals surface area contributed by atoms with Crippen molar-refractivity contribution in [2.45, 2.75) is 4.90 Å². The fraction of sp³-hybridized carbons (Fsp3) is 0.0667. The molecule has 0 aliphatic carbocycles. The van der Waals surface area contributed by atoms with Crippen LogP contribution in [-0.2, 0) is 9.84 Å². The van der Waals surface area contributed by atoms with Gasteiger partial charge in [0.2, 0.25) is 0 Å². The smallest absolute Gasteiger partial charge is 0.257 e. The third-order valence-corrected chi connectivity index (χ3v) is 6.23. The van der Waals surface area contributed by atoms with E-state index in [0.717, 1.165) is 16.8 Å². The zero-order valence-electron chi connectivity index (χ0n) is 12.3. The predicted octanol–water partition coefficient (Wildman–Crippen LogP) is 4.18. The number of thiophene rings is 1. The Morgan fingerprint density at radius 3 is 2.46 bits per heavy atom. The van der Waals surface area contributed by atoms with Gasteiger partial charge in [-0.25, -0.2) is 13.4 Å². The number of hydrogen-bond donors (Lipinski definition) is 1. The van der Waals surface area contributed by atoms with Gasteiger partial charge in [-0.15, -0.1) is 22.7 Å². The number of hydrogen-bond acceptors (Lipinski definition) is 6. The number of nitrogens with zero attached hydrogens (tertiary/aromatic N) is 1. The number of thiazole rings is 1. The Balaban J connectivity index is 1.74. The molecule has 9 heteroatoms. The number of sulfone groups is 1. The number of carbonyl (C=O) groups is 1. The molecule has 3 rings (SSSR count). The van der Waals surface area contributed by atoms with Gasteiger partial charge in [0.25, 0.3) is 5.91 Å². The van der Waals surface area contributed by atoms with E-state index < -0.39 is 9.84 Å². The highest BCUT2D eigenvalue weighted by Crippen LogP contribution is 2.32. The van der Waals surface area contributed by atoms with Crippen LogP contribution in [0.25, 0.3) is 10.6 Å². The molecule has 1 aromatic carbocycles. The number of carbonyl (C=O) groups excluding carboxylic acids is 1. The van der Waals surface area contributed by atoms with Crippen LogP contribution in [0.2, 0.25) is 4.34 Å². The normalized spacial score (nSPS) is 11.4. The van der Waals surface area contributed by atoms with Crippen LogP contribution >= 0.6 is 34.3 Å². The maximum absolute atomic E-state index is 12.2. The largest absolute Gasteiger partial charge is 0.298 e. The quantitative estimate of drug-likeness (QED) is 0.715. The van der Waals surface area contributed by atoms with Crippen LogP contribution in [0.5, 0.6) is 0 Å². The summed E-state index contributed by atoms with van der Waals surface area (Å²) in [4.78, 5) is 17.7. The van der Waals surface area contributed by atoms with Gasteiger partial charge in [-0.2, -0.15) is 0 Å². The van der Waals surface area contributed by atoms with Crippen molar-refractivity contribution < 1.29 is 13.2 Å². The molecule has 0 radical (unpaired) electrons. The average Bonchev–Trinajstić information content (AvgIpc) is 3.15. The molecular weight excluding hydrogens is 388 g/mol. The van der Waals surface area contributed by atoms with Gasteiger partial charge in [0.15, 0.2) is 15.0 Å². The van der Waals surface area contributed by atoms with Gasteiger partial charge in [0.1, 0.15) is 0 Å². The highest BCUT2D eigenvalue weighted by molar-refractivity contribution is 7.90. The molecule has 0 spiro atoms. The molecule has 124 valence electrons. The summed E-state index contributed by atoms with van der Waals surface area (Å²) in [7, 11) is -3.28. The summed E-state index contributed by atoms with van der Waals surface area (Å²) in [6, 6.07) is 9.43. The second kappa shape index (κ2) is 6.64. The molecule has 24 heavy (non-hydrogen) atoms. The molecule has 5 nitrogen and oxygen atoms in total. The second-order valence-corrected chi connectivity index (χ2v) is 9.48. The van der Waals surface area contributed by atoms with E-state index in [0.29, 0.717) is 15.0 Å². The van der Waals surface area contributed by atoms with Crippen molar-refractivity contribution >= 4 is 55.2 Å². The van der Waals surface area contributed by atoms with Gasteiger partial charge in [-0.3, -0.25) is 10.1 Å². The van der Waals surface area contributed by atoms with Crippen LogP contribution in [0, 0.1) is 0 Å². The van der Waals surface area contributed by atoms with Crippen molar-refractivity contribution in [1.82, 2.24) is 4.98 Å². The molecule has 0 aliphatic rings. The first-order valence-electron chi connectivity index (χ1n) is 6.65. The standard InChI is InChI=1S/C15H11ClN2O3S3/c1-24(20,21)10-4-2-9(3-5-10)14(19)18-15-17-11(8-22-15)12-6-7-13(16)23-12/h2-8H,1H3,(H,17,18,19). The molecular formula is C15H11ClN2O3S3. The van der Waals surface area contributed by atoms with Gasteiger partial charge in [-0.05, 0) is 36.4 Å². The minimum Gasteiger partial charge on any atom is -0.298 e. The van der Waals surface area contributed by atoms with E-state index in [-0.39, 0.29) is 10.8 Å². The van der Waals surface area contributed by atoms with E-state index >= 15 is 0 Å². The highest BCUT2D eigenvalue weighted by atomic mass is 35.5. The zero-order valence-corrected chi connectivity index (χ0v) is 15.5. The van der Waals surface area contributed by atoms with E-state index in [9.17, 15) is 13.2 Å². The number of rotatable bonds is 4. The van der Waals surface area contributed by atoms with Gasteiger partial charge >= 0.3 is 0 Å². The maximum atomic E-state index is 12.2. The van der Waals surface area contributed by atoms with Crippen molar-refractivity contribution in [2.75, 3.05) is 11.6 Å². The minimum atomic E-state index is -3.28. The highest BCUT2D eigenvalue weighted by Gasteiger charge is 2.13. The lowest BCUT2D eigenvalue weighted by molar-refractivity contribution is 0.102. The van der Waals surface area contributed by atoms with Crippen molar-refractivity contribution in [3.8, 4) is 10.6 Å². The van der Waals surface area contributed by atoms with Crippen LogP contribution in [-0.4, -0.2) is 25.6 Å². The molecule has 0 bridgehead atoms. The number of halogens is 1. The van der Waals surface area contributed by atoms with Crippen molar-refractivity contribution in [3.63, 3.8) is 0 Å². The Bertz CT molecular complexity index is 991. The lowest BCUT2D eigenvalue weighted by atomic mass is 10.2. The van der Waals surface area contributed by atoms with Gasteiger partial charge < -0.3 is 0 Å². The molecule has 0 fully saturated rings. The molecule has 2 aromatic heterocycles. The summed E-state index contributed by atoms with van der Waals surface area (Å²) < 4.78 is 23.5. The first-order valence-corrected chi connectivity index (χ1v) is 10.6. The lowest BCUT2D eigenvalue weighted by Crippen LogP contribution is -2.11. The summed E-state index contributed by atoms with van der Waals surface area (Å²) in [6.07, 6.45) is 1.12. The van der Waals surface area contributed by atoms with E-state index in [1.807, 2.05) is 11.4 Å². The van der Waals surface area contributed by atoms with Gasteiger partial charge in [0, 0.05) is 17.2 Å². The Hall–Kier alpha value is -1.74. The molecule has 0 saturated heterocycles. The summed E-state index contributed by atoms with van der Waals surface area (Å²) in [5.74, 6) is -0.347. The Labute approximate surface area is 151 Å². The summed E-state index contributed by atoms with van der Waals surface area (Å²) in [5, 5.41) is 5.01. The SMILES string of the molecule is CS(=O)(=O)c1ccc(C(=O)Nc2nc(-c3ccc(Cl)s3)cs2)cc1. The van der Waals surface area contributed by atoms with Crippen molar-refractivity contribution in [1.29, 1.82) is 0 Å². The van der Waals surface area contributed by atoms with E-state index in [4.69, 9.17) is 11.6 Å². The van der Waals surface area contributed by atoms with Gasteiger partial charge in [-0.1, -0.05) is 11.6 Å². The Morgan fingerprint density at radius 1 is 1.17 bits per heavy atom. The molecule has 0 atom stereocenters. The molecule has 1 N–H and O–H groups in total. The van der Waals surface area contributed by atoms with E-state index in [1.165, 1.54) is 46.9 Å². The van der Waals surface area contributed by atoms with Crippen LogP contribution in [0.3, 0.4) is 0 Å². The molecule has 1 amide bonds. The fourth-order valence-electron chi connectivity index (χ4n) is 1.92. The van der Waals surface area contributed by atoms with E-state index in [2.05, 4.69) is 10.3 Å². The molecule has 0 unspecified atom stereocenters. The zero-order chi connectivity index (χ0) is 17.3. The number of benzene rings is 1. The van der Waals surface area contributed by atoms with Crippen LogP contribution < -0.4 is 5.32 Å². The second-order valence-electron chi connectivity index (χ2n) is 4.89. The first kappa shape index (κ1) is 17.1. The summed E-state index contributed by atoms with van der Waals surface area (Å²) in [5.41, 5.74) is 1.11. The van der Waals surface area contributed by atoms with Gasteiger partial charge in [0.05, 0.1) is 19.8 Å². The monoisotopic (exact) mass is 398 g/mol. The predicted molar refractivity (Wildman–Crippen MR) is 97.9 cm³/mol. The number of anilines is 1. The maximum Gasteiger partial charge on any atom is 0.257 e. The number of nitrogens with one attached hydrogen (secondary N) is 1. The Kier molecular flexibility index (Phi) is 4.73. The van der Waals surface area contributed by atoms with E-state index in [1.54, 1.807) is 6.07 Å². The first-order chi connectivity index (χ1) is 11.3. The number of aromatic nitrogens is 1. The summed E-state index contributed by atoms with van der Waals surface area (Å²) >= 11 is 8.63. The van der Waals surface area contributed by atoms with Crippen LogP contribution in [0.15, 0.2) is 46.7 Å². The molecule has 0 aliphatic heterocycles. The topological polar surface area (TPSA) is 76.1 Å². The molecule has 0 saturated carbocycles. The molecule has 3 aromatic rings. The van der Waals surface area contributed by atoms with Crippen molar-refractivity contribution in [2.24, 2.45) is 0 Å². The molecule has 2 heterocycles. The van der Waals surface area contributed by atoms with Crippen molar-refractivity contribution in [3.05, 3.63) is 51.7 Å².